The molecule has 2 aromatic carbocycles. The molecule has 2 saturated heterocycles. The lowest BCUT2D eigenvalue weighted by Gasteiger charge is -2.35. The zero-order valence-corrected chi connectivity index (χ0v) is 20.8. The van der Waals surface area contributed by atoms with Gasteiger partial charge in [-0.3, -0.25) is 9.80 Å². The lowest BCUT2D eigenvalue weighted by atomic mass is 9.92. The second-order valence-electron chi connectivity index (χ2n) is 10.7. The van der Waals surface area contributed by atoms with Crippen molar-refractivity contribution in [3.05, 3.63) is 60.2 Å². The number of nitrogens with one attached hydrogen (secondary N) is 1. The zero-order valence-electron chi connectivity index (χ0n) is 20.8. The molecular formula is C28H38N4O2. The van der Waals surface area contributed by atoms with Gasteiger partial charge in [0.1, 0.15) is 12.4 Å². The van der Waals surface area contributed by atoms with Gasteiger partial charge in [-0.15, -0.1) is 0 Å². The number of urea groups is 1. The molecule has 3 fully saturated rings. The standard InChI is InChI=1S/C28H38N4O2/c1-27(22-7-5-4-6-8-22)21-28(27,2)29-23-13-15-31(16-14-23)19-20-34-25-11-9-24(10-12-25)32-18-17-30(3)26(32)33/h4-12,23,29H,13-21H2,1-3H3/t27-,28?/m0/s1. The minimum atomic E-state index is 0.0620. The first-order chi connectivity index (χ1) is 16.4. The van der Waals surface area contributed by atoms with Crippen molar-refractivity contribution in [3.8, 4) is 5.75 Å². The number of benzene rings is 2. The van der Waals surface area contributed by atoms with E-state index in [4.69, 9.17) is 4.74 Å². The van der Waals surface area contributed by atoms with Gasteiger partial charge in [0.2, 0.25) is 0 Å². The number of hydrogen-bond donors (Lipinski definition) is 1. The Bertz CT molecular complexity index is 989. The molecular weight excluding hydrogens is 424 g/mol. The Kier molecular flexibility index (Phi) is 6.30. The zero-order chi connectivity index (χ0) is 23.8. The van der Waals surface area contributed by atoms with Crippen molar-refractivity contribution in [1.82, 2.24) is 15.1 Å². The predicted octanol–water partition coefficient (Wildman–Crippen LogP) is 4.11. The summed E-state index contributed by atoms with van der Waals surface area (Å²) in [6.45, 7) is 10.2. The highest BCUT2D eigenvalue weighted by atomic mass is 16.5. The lowest BCUT2D eigenvalue weighted by Crippen LogP contribution is -2.49. The smallest absolute Gasteiger partial charge is 0.324 e. The average Bonchev–Trinajstić information content (AvgIpc) is 3.25. The van der Waals surface area contributed by atoms with Crippen LogP contribution in [0.2, 0.25) is 0 Å². The van der Waals surface area contributed by atoms with Gasteiger partial charge in [0, 0.05) is 49.4 Å². The molecule has 1 unspecified atom stereocenters. The SMILES string of the molecule is CN1CCN(c2ccc(OCCN3CCC(NC4(C)C[C@@]4(C)c4ccccc4)CC3)cc2)C1=O. The van der Waals surface area contributed by atoms with Crippen LogP contribution in [0.3, 0.4) is 0 Å². The molecule has 2 heterocycles. The van der Waals surface area contributed by atoms with Gasteiger partial charge < -0.3 is 15.0 Å². The molecule has 3 aliphatic rings. The molecule has 182 valence electrons. The normalized spacial score (nSPS) is 27.9. The fraction of sp³-hybridized carbons (Fsp3) is 0.536. The third-order valence-electron chi connectivity index (χ3n) is 8.36. The predicted molar refractivity (Wildman–Crippen MR) is 137 cm³/mol. The number of anilines is 1. The fourth-order valence-electron chi connectivity index (χ4n) is 5.75. The second-order valence-corrected chi connectivity index (χ2v) is 10.7. The number of nitrogens with zero attached hydrogens (tertiary/aromatic N) is 3. The first-order valence-electron chi connectivity index (χ1n) is 12.7. The van der Waals surface area contributed by atoms with Gasteiger partial charge in [-0.2, -0.15) is 0 Å². The summed E-state index contributed by atoms with van der Waals surface area (Å²) < 4.78 is 6.00. The Labute approximate surface area is 203 Å². The van der Waals surface area contributed by atoms with Crippen LogP contribution in [0.15, 0.2) is 54.6 Å². The summed E-state index contributed by atoms with van der Waals surface area (Å²) in [7, 11) is 1.84. The van der Waals surface area contributed by atoms with Crippen molar-refractivity contribution in [3.63, 3.8) is 0 Å². The van der Waals surface area contributed by atoms with Gasteiger partial charge in [-0.05, 0) is 69.1 Å². The lowest BCUT2D eigenvalue weighted by molar-refractivity contribution is 0.158. The fourth-order valence-corrected chi connectivity index (χ4v) is 5.75. The Morgan fingerprint density at radius 3 is 2.32 bits per heavy atom. The summed E-state index contributed by atoms with van der Waals surface area (Å²) in [5.41, 5.74) is 2.83. The van der Waals surface area contributed by atoms with Crippen LogP contribution in [0.5, 0.6) is 5.75 Å². The maximum absolute atomic E-state index is 12.1. The van der Waals surface area contributed by atoms with E-state index in [0.29, 0.717) is 12.6 Å². The number of ether oxygens (including phenoxy) is 1. The van der Waals surface area contributed by atoms with Gasteiger partial charge in [0.05, 0.1) is 0 Å². The van der Waals surface area contributed by atoms with E-state index in [9.17, 15) is 4.79 Å². The van der Waals surface area contributed by atoms with Crippen molar-refractivity contribution in [2.75, 3.05) is 51.3 Å². The summed E-state index contributed by atoms with van der Waals surface area (Å²) in [6.07, 6.45) is 3.58. The molecule has 0 spiro atoms. The summed E-state index contributed by atoms with van der Waals surface area (Å²) in [6, 6.07) is 19.5. The van der Waals surface area contributed by atoms with Crippen LogP contribution in [-0.4, -0.2) is 73.8 Å². The van der Waals surface area contributed by atoms with Crippen molar-refractivity contribution >= 4 is 11.7 Å². The van der Waals surface area contributed by atoms with Gasteiger partial charge >= 0.3 is 6.03 Å². The molecule has 5 rings (SSSR count). The maximum Gasteiger partial charge on any atom is 0.324 e. The molecule has 34 heavy (non-hydrogen) atoms. The van der Waals surface area contributed by atoms with Crippen LogP contribution in [0.1, 0.15) is 38.7 Å². The number of carbonyl (C=O) groups excluding carboxylic acids is 1. The van der Waals surface area contributed by atoms with Crippen LogP contribution < -0.4 is 15.0 Å². The van der Waals surface area contributed by atoms with Gasteiger partial charge in [0.25, 0.3) is 0 Å². The van der Waals surface area contributed by atoms with E-state index >= 15 is 0 Å². The number of carbonyl (C=O) groups is 1. The first-order valence-corrected chi connectivity index (χ1v) is 12.7. The van der Waals surface area contributed by atoms with Crippen molar-refractivity contribution < 1.29 is 9.53 Å². The summed E-state index contributed by atoms with van der Waals surface area (Å²) in [5, 5.41) is 4.01. The highest BCUT2D eigenvalue weighted by molar-refractivity contribution is 5.93. The molecule has 2 aliphatic heterocycles. The summed E-state index contributed by atoms with van der Waals surface area (Å²) in [4.78, 5) is 18.2. The highest BCUT2D eigenvalue weighted by Crippen LogP contribution is 2.57. The monoisotopic (exact) mass is 462 g/mol. The molecule has 1 aliphatic carbocycles. The van der Waals surface area contributed by atoms with Crippen LogP contribution >= 0.6 is 0 Å². The Morgan fingerprint density at radius 1 is 0.971 bits per heavy atom. The number of hydrogen-bond acceptors (Lipinski definition) is 4. The third-order valence-corrected chi connectivity index (χ3v) is 8.36. The minimum absolute atomic E-state index is 0.0620. The van der Waals surface area contributed by atoms with E-state index in [-0.39, 0.29) is 17.0 Å². The number of amides is 2. The number of rotatable bonds is 8. The van der Waals surface area contributed by atoms with Crippen molar-refractivity contribution in [2.24, 2.45) is 0 Å². The molecule has 2 atom stereocenters. The van der Waals surface area contributed by atoms with E-state index in [2.05, 4.69) is 54.4 Å². The first kappa shape index (κ1) is 23.2. The van der Waals surface area contributed by atoms with Crippen LogP contribution in [-0.2, 0) is 5.41 Å². The van der Waals surface area contributed by atoms with Gasteiger partial charge in [0.15, 0.2) is 0 Å². The molecule has 1 N–H and O–H groups in total. The molecule has 6 nitrogen and oxygen atoms in total. The molecule has 2 amide bonds. The molecule has 1 saturated carbocycles. The van der Waals surface area contributed by atoms with E-state index in [0.717, 1.165) is 44.2 Å². The van der Waals surface area contributed by atoms with Gasteiger partial charge in [-0.25, -0.2) is 4.79 Å². The van der Waals surface area contributed by atoms with E-state index in [1.165, 1.54) is 24.8 Å². The topological polar surface area (TPSA) is 48.1 Å². The number of likely N-dealkylation sites (N-methyl/N-ethyl adjacent to an activating group) is 1. The van der Waals surface area contributed by atoms with E-state index < -0.39 is 0 Å². The molecule has 0 bridgehead atoms. The Balaban J connectivity index is 1.03. The van der Waals surface area contributed by atoms with Crippen LogP contribution in [0.4, 0.5) is 10.5 Å². The van der Waals surface area contributed by atoms with E-state index in [1.54, 1.807) is 4.90 Å². The third kappa shape index (κ3) is 4.53. The highest BCUT2D eigenvalue weighted by Gasteiger charge is 2.62. The maximum atomic E-state index is 12.1. The van der Waals surface area contributed by atoms with Crippen molar-refractivity contribution in [1.29, 1.82) is 0 Å². The van der Waals surface area contributed by atoms with E-state index in [1.807, 2.05) is 36.2 Å². The molecule has 6 heteroatoms. The molecule has 0 aromatic heterocycles. The summed E-state index contributed by atoms with van der Waals surface area (Å²) in [5.74, 6) is 0.863. The number of piperidine rings is 1. The Morgan fingerprint density at radius 2 is 1.68 bits per heavy atom. The summed E-state index contributed by atoms with van der Waals surface area (Å²) >= 11 is 0. The molecule has 2 aromatic rings. The van der Waals surface area contributed by atoms with Crippen LogP contribution in [0, 0.1) is 0 Å². The van der Waals surface area contributed by atoms with Gasteiger partial charge in [-0.1, -0.05) is 37.3 Å². The number of likely N-dealkylation sites (tertiary alicyclic amines) is 1. The largest absolute Gasteiger partial charge is 0.492 e. The molecule has 0 radical (unpaired) electrons. The quantitative estimate of drug-likeness (QED) is 0.641. The Hall–Kier alpha value is -2.57. The average molecular weight is 463 g/mol. The minimum Gasteiger partial charge on any atom is -0.492 e. The second kappa shape index (κ2) is 9.23. The van der Waals surface area contributed by atoms with Crippen LogP contribution in [0.25, 0.3) is 0 Å². The van der Waals surface area contributed by atoms with Crippen molar-refractivity contribution in [2.45, 2.75) is 50.1 Å².